The van der Waals surface area contributed by atoms with Gasteiger partial charge in [-0.3, -0.25) is 5.73 Å². The summed E-state index contributed by atoms with van der Waals surface area (Å²) in [5.74, 6) is 4.57. The Morgan fingerprint density at radius 1 is 1.24 bits per heavy atom. The van der Waals surface area contributed by atoms with Gasteiger partial charge in [0.15, 0.2) is 26.0 Å². The van der Waals surface area contributed by atoms with Gasteiger partial charge in [0.1, 0.15) is 5.71 Å². The van der Waals surface area contributed by atoms with Crippen LogP contribution in [0.1, 0.15) is 5.56 Å². The van der Waals surface area contributed by atoms with Gasteiger partial charge in [0, 0.05) is 12.0 Å². The first-order valence-electron chi connectivity index (χ1n) is 8.02. The molecule has 2 rings (SSSR count). The second-order valence-electron chi connectivity index (χ2n) is 6.81. The summed E-state index contributed by atoms with van der Waals surface area (Å²) in [4.78, 5) is 4.48. The molecule has 0 aliphatic carbocycles. The molecule has 4 N–H and O–H groups in total. The summed E-state index contributed by atoms with van der Waals surface area (Å²) in [5.41, 5.74) is 15.0. The SMILES string of the molecule is C#CC1=NC(N)N([Si](C)(C)C)C(N)=C1Cc1ccc(OC)c(OC)c1. The Morgan fingerprint density at radius 2 is 1.88 bits per heavy atom. The van der Waals surface area contributed by atoms with E-state index in [0.717, 1.165) is 11.1 Å². The van der Waals surface area contributed by atoms with E-state index in [1.165, 1.54) is 0 Å². The van der Waals surface area contributed by atoms with Gasteiger partial charge in [-0.15, -0.1) is 6.42 Å². The summed E-state index contributed by atoms with van der Waals surface area (Å²) in [5, 5.41) is 0. The molecule has 25 heavy (non-hydrogen) atoms. The number of terminal acetylenes is 1. The van der Waals surface area contributed by atoms with Gasteiger partial charge in [-0.1, -0.05) is 31.6 Å². The van der Waals surface area contributed by atoms with Crippen LogP contribution < -0.4 is 20.9 Å². The van der Waals surface area contributed by atoms with E-state index in [2.05, 4.69) is 30.6 Å². The molecule has 0 fully saturated rings. The summed E-state index contributed by atoms with van der Waals surface area (Å²) in [6, 6.07) is 5.74. The summed E-state index contributed by atoms with van der Waals surface area (Å²) in [6.07, 6.45) is 5.66. The molecule has 0 radical (unpaired) electrons. The summed E-state index contributed by atoms with van der Waals surface area (Å²) >= 11 is 0. The van der Waals surface area contributed by atoms with Crippen LogP contribution in [-0.4, -0.2) is 39.0 Å². The van der Waals surface area contributed by atoms with Gasteiger partial charge in [0.05, 0.1) is 20.0 Å². The van der Waals surface area contributed by atoms with Crippen molar-refractivity contribution in [1.82, 2.24) is 4.57 Å². The third kappa shape index (κ3) is 3.81. The maximum absolute atomic E-state index is 6.47. The smallest absolute Gasteiger partial charge is 0.168 e. The monoisotopic (exact) mass is 358 g/mol. The molecule has 0 aromatic heterocycles. The second kappa shape index (κ2) is 7.21. The third-order valence-corrected chi connectivity index (χ3v) is 6.02. The molecular formula is C18H26N4O2Si. The topological polar surface area (TPSA) is 86.1 Å². The lowest BCUT2D eigenvalue weighted by Crippen LogP contribution is -2.58. The van der Waals surface area contributed by atoms with E-state index in [1.807, 2.05) is 22.8 Å². The Hall–Kier alpha value is -2.43. The molecular weight excluding hydrogens is 332 g/mol. The van der Waals surface area contributed by atoms with E-state index in [0.29, 0.717) is 29.5 Å². The average Bonchev–Trinajstić information content (AvgIpc) is 2.55. The van der Waals surface area contributed by atoms with E-state index in [9.17, 15) is 0 Å². The number of aliphatic imine (C=N–C) groups is 1. The molecule has 1 aliphatic heterocycles. The number of benzene rings is 1. The first-order valence-corrected chi connectivity index (χ1v) is 11.5. The Morgan fingerprint density at radius 3 is 2.40 bits per heavy atom. The third-order valence-electron chi connectivity index (χ3n) is 4.07. The van der Waals surface area contributed by atoms with Crippen LogP contribution in [0.3, 0.4) is 0 Å². The zero-order valence-electron chi connectivity index (χ0n) is 15.5. The van der Waals surface area contributed by atoms with Crippen molar-refractivity contribution in [3.63, 3.8) is 0 Å². The molecule has 0 saturated carbocycles. The molecule has 1 heterocycles. The van der Waals surface area contributed by atoms with Crippen LogP contribution in [0.25, 0.3) is 0 Å². The molecule has 1 aromatic carbocycles. The fourth-order valence-corrected chi connectivity index (χ4v) is 4.64. The van der Waals surface area contributed by atoms with Crippen molar-refractivity contribution < 1.29 is 9.47 Å². The fourth-order valence-electron chi connectivity index (χ4n) is 2.93. The van der Waals surface area contributed by atoms with Crippen LogP contribution in [0.4, 0.5) is 0 Å². The van der Waals surface area contributed by atoms with Crippen LogP contribution in [0, 0.1) is 12.3 Å². The minimum atomic E-state index is -1.81. The van der Waals surface area contributed by atoms with Crippen molar-refractivity contribution in [3.8, 4) is 23.8 Å². The van der Waals surface area contributed by atoms with Gasteiger partial charge in [-0.2, -0.15) is 0 Å². The van der Waals surface area contributed by atoms with Crippen LogP contribution in [0.2, 0.25) is 19.6 Å². The summed E-state index contributed by atoms with van der Waals surface area (Å²) in [6.45, 7) is 6.51. The molecule has 0 amide bonds. The molecule has 1 aromatic rings. The van der Waals surface area contributed by atoms with Gasteiger partial charge in [-0.05, 0) is 17.7 Å². The lowest BCUT2D eigenvalue weighted by Gasteiger charge is -2.42. The lowest BCUT2D eigenvalue weighted by atomic mass is 9.99. The highest BCUT2D eigenvalue weighted by Gasteiger charge is 2.34. The van der Waals surface area contributed by atoms with Crippen LogP contribution in [0.15, 0.2) is 34.6 Å². The zero-order chi connectivity index (χ0) is 18.8. The molecule has 6 nitrogen and oxygen atoms in total. The van der Waals surface area contributed by atoms with Crippen molar-refractivity contribution in [1.29, 1.82) is 0 Å². The maximum atomic E-state index is 6.47. The van der Waals surface area contributed by atoms with Gasteiger partial charge in [-0.25, -0.2) is 4.99 Å². The van der Waals surface area contributed by atoms with Gasteiger partial charge in [0.2, 0.25) is 0 Å². The lowest BCUT2D eigenvalue weighted by molar-refractivity contribution is 0.354. The molecule has 1 unspecified atom stereocenters. The number of nitrogens with two attached hydrogens (primary N) is 2. The molecule has 0 bridgehead atoms. The number of allylic oxidation sites excluding steroid dienone is 1. The van der Waals surface area contributed by atoms with Gasteiger partial charge < -0.3 is 19.8 Å². The van der Waals surface area contributed by atoms with Crippen molar-refractivity contribution in [3.05, 3.63) is 35.2 Å². The van der Waals surface area contributed by atoms with Crippen molar-refractivity contribution in [2.24, 2.45) is 16.5 Å². The van der Waals surface area contributed by atoms with Crippen LogP contribution in [0.5, 0.6) is 11.5 Å². The number of methoxy groups -OCH3 is 2. The Balaban J connectivity index is 2.46. The van der Waals surface area contributed by atoms with Crippen LogP contribution >= 0.6 is 0 Å². The Kier molecular flexibility index (Phi) is 5.45. The largest absolute Gasteiger partial charge is 0.493 e. The highest BCUT2D eigenvalue weighted by atomic mass is 28.3. The maximum Gasteiger partial charge on any atom is 0.168 e. The molecule has 1 aliphatic rings. The molecule has 1 atom stereocenters. The summed E-state index contributed by atoms with van der Waals surface area (Å²) < 4.78 is 12.7. The number of rotatable bonds is 5. The number of nitrogens with zero attached hydrogens (tertiary/aromatic N) is 2. The van der Waals surface area contributed by atoms with E-state index in [1.54, 1.807) is 14.2 Å². The summed E-state index contributed by atoms with van der Waals surface area (Å²) in [7, 11) is 1.40. The van der Waals surface area contributed by atoms with E-state index >= 15 is 0 Å². The molecule has 134 valence electrons. The first kappa shape index (κ1) is 18.9. The Labute approximate surface area is 150 Å². The standard InChI is InChI=1S/C18H26N4O2Si/c1-7-14-13(17(19)22(18(20)21-14)25(4,5)6)10-12-8-9-15(23-2)16(11-12)24-3/h1,8-9,11,18H,10,19-20H2,2-6H3. The average molecular weight is 359 g/mol. The van der Waals surface area contributed by atoms with E-state index in [4.69, 9.17) is 27.4 Å². The molecule has 7 heteroatoms. The minimum absolute atomic E-state index is 0.509. The quantitative estimate of drug-likeness (QED) is 0.620. The van der Waals surface area contributed by atoms with Crippen molar-refractivity contribution >= 4 is 13.9 Å². The minimum Gasteiger partial charge on any atom is -0.493 e. The van der Waals surface area contributed by atoms with Crippen molar-refractivity contribution in [2.75, 3.05) is 14.2 Å². The van der Waals surface area contributed by atoms with Crippen LogP contribution in [-0.2, 0) is 6.42 Å². The number of ether oxygens (including phenoxy) is 2. The Bertz CT molecular complexity index is 759. The molecule has 0 spiro atoms. The normalized spacial score (nSPS) is 17.9. The highest BCUT2D eigenvalue weighted by molar-refractivity contribution is 6.73. The van der Waals surface area contributed by atoms with Gasteiger partial charge in [0.25, 0.3) is 0 Å². The second-order valence-corrected chi connectivity index (χ2v) is 11.6. The molecule has 0 saturated heterocycles. The first-order chi connectivity index (χ1) is 11.7. The fraction of sp³-hybridized carbons (Fsp3) is 0.389. The number of hydrogen-bond acceptors (Lipinski definition) is 6. The van der Waals surface area contributed by atoms with Gasteiger partial charge >= 0.3 is 0 Å². The highest BCUT2D eigenvalue weighted by Crippen LogP contribution is 2.30. The van der Waals surface area contributed by atoms with Crippen molar-refractivity contribution in [2.45, 2.75) is 32.4 Å². The predicted octanol–water partition coefficient (Wildman–Crippen LogP) is 1.88. The number of hydrogen-bond donors (Lipinski definition) is 2. The van der Waals surface area contributed by atoms with E-state index < -0.39 is 14.5 Å². The zero-order valence-corrected chi connectivity index (χ0v) is 16.5. The predicted molar refractivity (Wildman–Crippen MR) is 104 cm³/mol. The van der Waals surface area contributed by atoms with E-state index in [-0.39, 0.29) is 0 Å².